The van der Waals surface area contributed by atoms with Crippen LogP contribution in [0.4, 0.5) is 5.69 Å². The van der Waals surface area contributed by atoms with Crippen molar-refractivity contribution in [2.45, 2.75) is 30.7 Å². The van der Waals surface area contributed by atoms with Crippen molar-refractivity contribution < 1.29 is 9.53 Å². The number of nitrogens with one attached hydrogen (secondary N) is 1. The number of nitrogen functional groups attached to an aromatic ring is 1. The fourth-order valence-electron chi connectivity index (χ4n) is 2.03. The molecule has 0 aliphatic carbocycles. The molecule has 0 spiro atoms. The van der Waals surface area contributed by atoms with Gasteiger partial charge in [-0.1, -0.05) is 12.1 Å². The van der Waals surface area contributed by atoms with Crippen LogP contribution >= 0.6 is 11.8 Å². The maximum Gasteiger partial charge on any atom is 0.230 e. The molecule has 1 aliphatic heterocycles. The van der Waals surface area contributed by atoms with E-state index in [0.29, 0.717) is 5.75 Å². The highest BCUT2D eigenvalue weighted by Gasteiger charge is 2.16. The summed E-state index contributed by atoms with van der Waals surface area (Å²) >= 11 is 1.49. The molecule has 3 N–H and O–H groups in total. The number of thioether (sulfide) groups is 1. The number of carbonyl (C=O) groups excluding carboxylic acids is 1. The third-order valence-electron chi connectivity index (χ3n) is 3.23. The van der Waals surface area contributed by atoms with E-state index in [0.717, 1.165) is 42.2 Å². The van der Waals surface area contributed by atoms with E-state index in [1.807, 2.05) is 25.1 Å². The molecule has 0 saturated carbocycles. The van der Waals surface area contributed by atoms with Gasteiger partial charge in [0.25, 0.3) is 0 Å². The second-order valence-electron chi connectivity index (χ2n) is 4.73. The summed E-state index contributed by atoms with van der Waals surface area (Å²) in [6, 6.07) is 6.15. The fraction of sp³-hybridized carbons (Fsp3) is 0.500. The number of ether oxygens (including phenoxy) is 1. The number of hydrogen-bond acceptors (Lipinski definition) is 4. The quantitative estimate of drug-likeness (QED) is 0.654. The lowest BCUT2D eigenvalue weighted by Crippen LogP contribution is -2.39. The predicted octanol–water partition coefficient (Wildman–Crippen LogP) is 1.96. The van der Waals surface area contributed by atoms with Gasteiger partial charge < -0.3 is 15.8 Å². The summed E-state index contributed by atoms with van der Waals surface area (Å²) < 4.78 is 5.27. The van der Waals surface area contributed by atoms with Crippen molar-refractivity contribution in [3.63, 3.8) is 0 Å². The van der Waals surface area contributed by atoms with Crippen molar-refractivity contribution in [1.29, 1.82) is 0 Å². The highest BCUT2D eigenvalue weighted by Crippen LogP contribution is 2.27. The zero-order valence-corrected chi connectivity index (χ0v) is 12.0. The molecule has 1 aliphatic rings. The Morgan fingerprint density at radius 1 is 1.47 bits per heavy atom. The lowest BCUT2D eigenvalue weighted by Gasteiger charge is -2.23. The number of carbonyl (C=O) groups is 1. The molecule has 19 heavy (non-hydrogen) atoms. The Labute approximate surface area is 118 Å². The van der Waals surface area contributed by atoms with Crippen molar-refractivity contribution in [3.05, 3.63) is 23.8 Å². The number of anilines is 1. The molecule has 0 radical (unpaired) electrons. The van der Waals surface area contributed by atoms with E-state index in [1.54, 1.807) is 0 Å². The van der Waals surface area contributed by atoms with Crippen molar-refractivity contribution >= 4 is 23.4 Å². The minimum atomic E-state index is 0.0674. The largest absolute Gasteiger partial charge is 0.398 e. The summed E-state index contributed by atoms with van der Waals surface area (Å²) in [7, 11) is 0. The molecular formula is C14H20N2O2S. The summed E-state index contributed by atoms with van der Waals surface area (Å²) in [5.74, 6) is 0.475. The number of aryl methyl sites for hydroxylation is 1. The number of rotatable bonds is 4. The van der Waals surface area contributed by atoms with Gasteiger partial charge in [-0.25, -0.2) is 0 Å². The van der Waals surface area contributed by atoms with Gasteiger partial charge in [0.15, 0.2) is 0 Å². The van der Waals surface area contributed by atoms with Crippen LogP contribution in [0.2, 0.25) is 0 Å². The van der Waals surface area contributed by atoms with Crippen LogP contribution in [0.1, 0.15) is 18.4 Å². The molecule has 5 heteroatoms. The molecule has 1 aromatic rings. The molecule has 1 aromatic carbocycles. The molecule has 0 atom stereocenters. The first-order valence-electron chi connectivity index (χ1n) is 6.52. The lowest BCUT2D eigenvalue weighted by molar-refractivity contribution is -0.119. The molecular weight excluding hydrogens is 260 g/mol. The van der Waals surface area contributed by atoms with Crippen molar-refractivity contribution in [1.82, 2.24) is 5.32 Å². The first-order chi connectivity index (χ1) is 9.16. The van der Waals surface area contributed by atoms with E-state index in [9.17, 15) is 4.79 Å². The van der Waals surface area contributed by atoms with E-state index in [2.05, 4.69) is 5.32 Å². The van der Waals surface area contributed by atoms with E-state index in [4.69, 9.17) is 10.5 Å². The van der Waals surface area contributed by atoms with Crippen molar-refractivity contribution in [2.75, 3.05) is 24.7 Å². The Balaban J connectivity index is 1.81. The number of benzene rings is 1. The molecule has 4 nitrogen and oxygen atoms in total. The Morgan fingerprint density at radius 2 is 2.21 bits per heavy atom. The number of nitrogens with two attached hydrogens (primary N) is 1. The van der Waals surface area contributed by atoms with Crippen LogP contribution in [-0.2, 0) is 9.53 Å². The smallest absolute Gasteiger partial charge is 0.230 e. The Bertz CT molecular complexity index is 445. The zero-order valence-electron chi connectivity index (χ0n) is 11.1. The SMILES string of the molecule is Cc1cccc(SCC(=O)NC2CCOCC2)c1N. The Morgan fingerprint density at radius 3 is 2.95 bits per heavy atom. The molecule has 1 fully saturated rings. The van der Waals surface area contributed by atoms with Gasteiger partial charge in [-0.2, -0.15) is 0 Å². The Hall–Kier alpha value is -1.20. The van der Waals surface area contributed by atoms with Crippen molar-refractivity contribution in [2.24, 2.45) is 0 Å². The third kappa shape index (κ3) is 4.14. The van der Waals surface area contributed by atoms with Gasteiger partial charge in [-0.15, -0.1) is 11.8 Å². The van der Waals surface area contributed by atoms with Crippen LogP contribution in [0, 0.1) is 6.92 Å². The summed E-state index contributed by atoms with van der Waals surface area (Å²) in [5, 5.41) is 3.04. The third-order valence-corrected chi connectivity index (χ3v) is 4.30. The second kappa shape index (κ2) is 6.82. The molecule has 0 unspecified atom stereocenters. The van der Waals surface area contributed by atoms with Gasteiger partial charge in [0, 0.05) is 29.8 Å². The average molecular weight is 280 g/mol. The highest BCUT2D eigenvalue weighted by molar-refractivity contribution is 8.00. The number of amides is 1. The van der Waals surface area contributed by atoms with Gasteiger partial charge in [0.2, 0.25) is 5.91 Å². The number of para-hydroxylation sites is 1. The minimum absolute atomic E-state index is 0.0674. The first kappa shape index (κ1) is 14.2. The minimum Gasteiger partial charge on any atom is -0.398 e. The van der Waals surface area contributed by atoms with Crippen LogP contribution in [-0.4, -0.2) is 30.9 Å². The topological polar surface area (TPSA) is 64.3 Å². The summed E-state index contributed by atoms with van der Waals surface area (Å²) in [4.78, 5) is 12.8. The Kier molecular flexibility index (Phi) is 5.10. The van der Waals surface area contributed by atoms with Gasteiger partial charge in [-0.3, -0.25) is 4.79 Å². The van der Waals surface area contributed by atoms with Crippen molar-refractivity contribution in [3.8, 4) is 0 Å². The lowest BCUT2D eigenvalue weighted by atomic mass is 10.1. The standard InChI is InChI=1S/C14H20N2O2S/c1-10-3-2-4-12(14(10)15)19-9-13(17)16-11-5-7-18-8-6-11/h2-4,11H,5-9,15H2,1H3,(H,16,17). The highest BCUT2D eigenvalue weighted by atomic mass is 32.2. The number of hydrogen-bond donors (Lipinski definition) is 2. The molecule has 2 rings (SSSR count). The van der Waals surface area contributed by atoms with Crippen LogP contribution in [0.25, 0.3) is 0 Å². The van der Waals surface area contributed by atoms with Crippen LogP contribution in [0.5, 0.6) is 0 Å². The molecule has 0 aromatic heterocycles. The first-order valence-corrected chi connectivity index (χ1v) is 7.50. The second-order valence-corrected chi connectivity index (χ2v) is 5.75. The van der Waals surface area contributed by atoms with Gasteiger partial charge in [0.1, 0.15) is 0 Å². The van der Waals surface area contributed by atoms with E-state index >= 15 is 0 Å². The summed E-state index contributed by atoms with van der Waals surface area (Å²) in [6.45, 7) is 3.45. The van der Waals surface area contributed by atoms with Gasteiger partial charge in [-0.05, 0) is 31.4 Å². The molecule has 0 bridgehead atoms. The molecule has 1 heterocycles. The predicted molar refractivity (Wildman–Crippen MR) is 78.3 cm³/mol. The summed E-state index contributed by atoms with van der Waals surface area (Å²) in [5.41, 5.74) is 7.80. The fourth-order valence-corrected chi connectivity index (χ4v) is 2.90. The van der Waals surface area contributed by atoms with Gasteiger partial charge >= 0.3 is 0 Å². The maximum absolute atomic E-state index is 11.9. The van der Waals surface area contributed by atoms with Gasteiger partial charge in [0.05, 0.1) is 5.75 Å². The average Bonchev–Trinajstić information content (AvgIpc) is 2.42. The molecule has 1 amide bonds. The van der Waals surface area contributed by atoms with E-state index in [1.165, 1.54) is 11.8 Å². The van der Waals surface area contributed by atoms with E-state index in [-0.39, 0.29) is 11.9 Å². The molecule has 104 valence electrons. The normalized spacial score (nSPS) is 16.3. The zero-order chi connectivity index (χ0) is 13.7. The van der Waals surface area contributed by atoms with Crippen LogP contribution in [0.3, 0.4) is 0 Å². The van der Waals surface area contributed by atoms with Crippen LogP contribution in [0.15, 0.2) is 23.1 Å². The molecule has 1 saturated heterocycles. The monoisotopic (exact) mass is 280 g/mol. The summed E-state index contributed by atoms with van der Waals surface area (Å²) in [6.07, 6.45) is 1.81. The van der Waals surface area contributed by atoms with Crippen LogP contribution < -0.4 is 11.1 Å². The maximum atomic E-state index is 11.9. The van der Waals surface area contributed by atoms with E-state index < -0.39 is 0 Å².